The summed E-state index contributed by atoms with van der Waals surface area (Å²) in [5.74, 6) is 1.77. The first-order valence-corrected chi connectivity index (χ1v) is 18.8. The summed E-state index contributed by atoms with van der Waals surface area (Å²) in [5.41, 5.74) is 12.2. The molecule has 0 N–H and O–H groups in total. The Kier molecular flexibility index (Phi) is 7.42. The molecule has 0 bridgehead atoms. The predicted octanol–water partition coefficient (Wildman–Crippen LogP) is 13.2. The van der Waals surface area contributed by atoms with E-state index >= 15 is 0 Å². The third kappa shape index (κ3) is 5.29. The van der Waals surface area contributed by atoms with Crippen molar-refractivity contribution in [2.24, 2.45) is 0 Å². The molecule has 11 aromatic rings. The molecule has 0 amide bonds. The number of benzene rings is 8. The SMILES string of the molecule is c1ccc(-c2ccc(-c3nc(-c4ccccc4)nc(-c4cccc5c4oc4cccc(-c6ccc7c(c6)c6ccccc6n7-c6ccccc6)c45)n3)cc2)cc1. The third-order valence-corrected chi connectivity index (χ3v) is 10.7. The maximum Gasteiger partial charge on any atom is 0.167 e. The van der Waals surface area contributed by atoms with Crippen LogP contribution in [0.3, 0.4) is 0 Å². The quantitative estimate of drug-likeness (QED) is 0.172. The first-order chi connectivity index (χ1) is 27.8. The van der Waals surface area contributed by atoms with Crippen LogP contribution in [-0.2, 0) is 0 Å². The Labute approximate surface area is 322 Å². The molecule has 0 spiro atoms. The largest absolute Gasteiger partial charge is 0.455 e. The molecule has 5 heteroatoms. The molecular formula is C51H32N4O. The fourth-order valence-corrected chi connectivity index (χ4v) is 8.04. The van der Waals surface area contributed by atoms with Gasteiger partial charge in [0.1, 0.15) is 11.2 Å². The van der Waals surface area contributed by atoms with Gasteiger partial charge in [0.2, 0.25) is 0 Å². The average molecular weight is 717 g/mol. The molecule has 8 aromatic carbocycles. The number of rotatable bonds is 6. The Morgan fingerprint density at radius 1 is 0.357 bits per heavy atom. The van der Waals surface area contributed by atoms with Crippen LogP contribution in [-0.4, -0.2) is 19.5 Å². The van der Waals surface area contributed by atoms with E-state index in [1.54, 1.807) is 0 Å². The molecular weight excluding hydrogens is 685 g/mol. The van der Waals surface area contributed by atoms with Crippen molar-refractivity contribution in [1.82, 2.24) is 19.5 Å². The van der Waals surface area contributed by atoms with Gasteiger partial charge in [-0.15, -0.1) is 0 Å². The summed E-state index contributed by atoms with van der Waals surface area (Å²) in [6.07, 6.45) is 0. The lowest BCUT2D eigenvalue weighted by Gasteiger charge is -2.09. The first-order valence-electron chi connectivity index (χ1n) is 18.8. The zero-order valence-corrected chi connectivity index (χ0v) is 30.2. The standard InChI is InChI=1S/C51H32N4O/c1-4-14-33(15-5-1)34-26-28-36(29-27-34)50-52-49(35-16-6-2-7-17-35)53-51(54-50)42-23-12-22-41-47-39(21-13-25-46(47)56-48(41)42)37-30-31-45-43(32-37)40-20-10-11-24-44(40)55(45)38-18-8-3-9-19-38/h1-32H. The molecule has 3 heterocycles. The monoisotopic (exact) mass is 716 g/mol. The van der Waals surface area contributed by atoms with Crippen molar-refractivity contribution in [3.63, 3.8) is 0 Å². The number of fused-ring (bicyclic) bond motifs is 6. The lowest BCUT2D eigenvalue weighted by Crippen LogP contribution is -2.00. The van der Waals surface area contributed by atoms with E-state index in [2.05, 4.69) is 150 Å². The van der Waals surface area contributed by atoms with Crippen molar-refractivity contribution < 1.29 is 4.42 Å². The van der Waals surface area contributed by atoms with Gasteiger partial charge < -0.3 is 8.98 Å². The van der Waals surface area contributed by atoms with Crippen molar-refractivity contribution in [1.29, 1.82) is 0 Å². The lowest BCUT2D eigenvalue weighted by molar-refractivity contribution is 0.669. The second kappa shape index (κ2) is 13.0. The van der Waals surface area contributed by atoms with E-state index in [1.165, 1.54) is 21.8 Å². The van der Waals surface area contributed by atoms with Crippen molar-refractivity contribution in [3.8, 4) is 62.1 Å². The van der Waals surface area contributed by atoms with Crippen LogP contribution in [0.2, 0.25) is 0 Å². The lowest BCUT2D eigenvalue weighted by atomic mass is 9.97. The molecule has 5 nitrogen and oxygen atoms in total. The van der Waals surface area contributed by atoms with Gasteiger partial charge in [-0.3, -0.25) is 0 Å². The van der Waals surface area contributed by atoms with Crippen LogP contribution in [0.15, 0.2) is 199 Å². The summed E-state index contributed by atoms with van der Waals surface area (Å²) in [5, 5.41) is 4.49. The molecule has 11 rings (SSSR count). The zero-order chi connectivity index (χ0) is 37.0. The number of aromatic nitrogens is 4. The Hall–Kier alpha value is -7.63. The fraction of sp³-hybridized carbons (Fsp3) is 0. The highest BCUT2D eigenvalue weighted by Gasteiger charge is 2.20. The van der Waals surface area contributed by atoms with Crippen molar-refractivity contribution in [2.45, 2.75) is 0 Å². The second-order valence-corrected chi connectivity index (χ2v) is 14.0. The number of nitrogens with zero attached hydrogens (tertiary/aromatic N) is 4. The Morgan fingerprint density at radius 2 is 0.893 bits per heavy atom. The molecule has 56 heavy (non-hydrogen) atoms. The molecule has 0 radical (unpaired) electrons. The van der Waals surface area contributed by atoms with Gasteiger partial charge in [-0.2, -0.15) is 0 Å². The maximum absolute atomic E-state index is 6.77. The number of hydrogen-bond acceptors (Lipinski definition) is 4. The van der Waals surface area contributed by atoms with Gasteiger partial charge in [-0.05, 0) is 64.7 Å². The molecule has 0 aliphatic heterocycles. The van der Waals surface area contributed by atoms with E-state index < -0.39 is 0 Å². The first kappa shape index (κ1) is 31.9. The van der Waals surface area contributed by atoms with Crippen molar-refractivity contribution in [2.75, 3.05) is 0 Å². The van der Waals surface area contributed by atoms with Crippen LogP contribution >= 0.6 is 0 Å². The summed E-state index contributed by atoms with van der Waals surface area (Å²) in [7, 11) is 0. The maximum atomic E-state index is 6.77. The van der Waals surface area contributed by atoms with E-state index in [1.807, 2.05) is 48.5 Å². The van der Waals surface area contributed by atoms with Gasteiger partial charge in [-0.25, -0.2) is 15.0 Å². The van der Waals surface area contributed by atoms with Crippen molar-refractivity contribution in [3.05, 3.63) is 194 Å². The summed E-state index contributed by atoms with van der Waals surface area (Å²) < 4.78 is 9.12. The Balaban J connectivity index is 1.07. The highest BCUT2D eigenvalue weighted by atomic mass is 16.3. The van der Waals surface area contributed by atoms with Gasteiger partial charge in [0, 0.05) is 38.4 Å². The normalized spacial score (nSPS) is 11.6. The van der Waals surface area contributed by atoms with E-state index in [4.69, 9.17) is 19.4 Å². The van der Waals surface area contributed by atoms with Gasteiger partial charge >= 0.3 is 0 Å². The third-order valence-electron chi connectivity index (χ3n) is 10.7. The molecule has 0 aliphatic carbocycles. The molecule has 3 aromatic heterocycles. The summed E-state index contributed by atoms with van der Waals surface area (Å²) in [4.78, 5) is 15.2. The van der Waals surface area contributed by atoms with Gasteiger partial charge in [0.15, 0.2) is 17.5 Å². The number of furan rings is 1. The van der Waals surface area contributed by atoms with Crippen LogP contribution in [0.5, 0.6) is 0 Å². The van der Waals surface area contributed by atoms with Gasteiger partial charge in [0.05, 0.1) is 16.6 Å². The molecule has 0 aliphatic rings. The topological polar surface area (TPSA) is 56.7 Å². The average Bonchev–Trinajstić information content (AvgIpc) is 3.83. The van der Waals surface area contributed by atoms with Gasteiger partial charge in [0.25, 0.3) is 0 Å². The van der Waals surface area contributed by atoms with E-state index in [0.717, 1.165) is 66.6 Å². The minimum atomic E-state index is 0.558. The smallest absolute Gasteiger partial charge is 0.167 e. The van der Waals surface area contributed by atoms with E-state index in [9.17, 15) is 0 Å². The van der Waals surface area contributed by atoms with Crippen molar-refractivity contribution >= 4 is 43.7 Å². The molecule has 0 saturated heterocycles. The molecule has 0 fully saturated rings. The van der Waals surface area contributed by atoms with Crippen LogP contribution < -0.4 is 0 Å². The van der Waals surface area contributed by atoms with E-state index in [0.29, 0.717) is 17.5 Å². The highest BCUT2D eigenvalue weighted by molar-refractivity contribution is 6.17. The minimum absolute atomic E-state index is 0.558. The second-order valence-electron chi connectivity index (χ2n) is 14.0. The van der Waals surface area contributed by atoms with Crippen LogP contribution in [0.25, 0.3) is 106 Å². The zero-order valence-electron chi connectivity index (χ0n) is 30.2. The number of hydrogen-bond donors (Lipinski definition) is 0. The van der Waals surface area contributed by atoms with Gasteiger partial charge in [-0.1, -0.05) is 152 Å². The molecule has 0 saturated carbocycles. The van der Waals surface area contributed by atoms with E-state index in [-0.39, 0.29) is 0 Å². The molecule has 262 valence electrons. The van der Waals surface area contributed by atoms with Crippen LogP contribution in [0, 0.1) is 0 Å². The molecule has 0 unspecified atom stereocenters. The molecule has 0 atom stereocenters. The Morgan fingerprint density at radius 3 is 1.66 bits per heavy atom. The summed E-state index contributed by atoms with van der Waals surface area (Å²) >= 11 is 0. The summed E-state index contributed by atoms with van der Waals surface area (Å²) in [6.45, 7) is 0. The fourth-order valence-electron chi connectivity index (χ4n) is 8.04. The predicted molar refractivity (Wildman–Crippen MR) is 229 cm³/mol. The summed E-state index contributed by atoms with van der Waals surface area (Å²) in [6, 6.07) is 67.4. The number of para-hydroxylation sites is 3. The highest BCUT2D eigenvalue weighted by Crippen LogP contribution is 2.42. The Bertz CT molecular complexity index is 3220. The van der Waals surface area contributed by atoms with Crippen LogP contribution in [0.1, 0.15) is 0 Å². The minimum Gasteiger partial charge on any atom is -0.455 e. The van der Waals surface area contributed by atoms with Crippen LogP contribution in [0.4, 0.5) is 0 Å².